The van der Waals surface area contributed by atoms with Crippen LogP contribution in [-0.4, -0.2) is 28.7 Å². The summed E-state index contributed by atoms with van der Waals surface area (Å²) in [5, 5.41) is 22.0. The van der Waals surface area contributed by atoms with Gasteiger partial charge in [0.05, 0.1) is 17.5 Å². The second-order valence-electron chi connectivity index (χ2n) is 6.82. The monoisotopic (exact) mass is 373 g/mol. The van der Waals surface area contributed by atoms with E-state index < -0.39 is 0 Å². The molecule has 0 saturated heterocycles. The SMILES string of the molecule is CC(C)NCc1ccc(-c2cc(-c3cccc(C(=O)NCC#N)c3)n[nH]2)cc1. The standard InChI is InChI=1S/C22H23N5O/c1-15(2)25-14-16-6-8-17(9-7-16)20-13-21(27-26-20)18-4-3-5-19(12-18)22(28)24-11-10-23/h3-9,12-13,15,25H,11,14H2,1-2H3,(H,24,28)(H,26,27). The third-order valence-electron chi connectivity index (χ3n) is 4.31. The molecule has 0 unspecified atom stereocenters. The van der Waals surface area contributed by atoms with Crippen LogP contribution in [0.2, 0.25) is 0 Å². The quantitative estimate of drug-likeness (QED) is 0.553. The molecule has 3 rings (SSSR count). The maximum Gasteiger partial charge on any atom is 0.252 e. The first-order valence-electron chi connectivity index (χ1n) is 9.20. The molecule has 1 aromatic heterocycles. The number of nitriles is 1. The number of benzene rings is 2. The summed E-state index contributed by atoms with van der Waals surface area (Å²) >= 11 is 0. The van der Waals surface area contributed by atoms with Crippen LogP contribution in [0, 0.1) is 11.3 Å². The van der Waals surface area contributed by atoms with Crippen molar-refractivity contribution in [1.29, 1.82) is 5.26 Å². The van der Waals surface area contributed by atoms with Crippen molar-refractivity contribution in [3.05, 3.63) is 65.7 Å². The zero-order valence-corrected chi connectivity index (χ0v) is 16.0. The fraction of sp³-hybridized carbons (Fsp3) is 0.227. The number of nitrogens with zero attached hydrogens (tertiary/aromatic N) is 2. The summed E-state index contributed by atoms with van der Waals surface area (Å²) < 4.78 is 0. The molecule has 0 aliphatic carbocycles. The fourth-order valence-corrected chi connectivity index (χ4v) is 2.78. The van der Waals surface area contributed by atoms with Crippen LogP contribution in [0.15, 0.2) is 54.6 Å². The average molecular weight is 373 g/mol. The molecule has 0 aliphatic heterocycles. The molecule has 3 aromatic rings. The highest BCUT2D eigenvalue weighted by Gasteiger charge is 2.10. The summed E-state index contributed by atoms with van der Waals surface area (Å²) in [4.78, 5) is 12.0. The molecule has 0 spiro atoms. The van der Waals surface area contributed by atoms with Gasteiger partial charge in [0.1, 0.15) is 6.54 Å². The van der Waals surface area contributed by atoms with E-state index in [2.05, 4.69) is 58.9 Å². The van der Waals surface area contributed by atoms with Gasteiger partial charge in [0.2, 0.25) is 0 Å². The summed E-state index contributed by atoms with van der Waals surface area (Å²) in [6.45, 7) is 5.08. The van der Waals surface area contributed by atoms with Gasteiger partial charge in [-0.2, -0.15) is 10.4 Å². The highest BCUT2D eigenvalue weighted by atomic mass is 16.1. The van der Waals surface area contributed by atoms with Crippen molar-refractivity contribution in [3.63, 3.8) is 0 Å². The minimum atomic E-state index is -0.273. The van der Waals surface area contributed by atoms with Crippen molar-refractivity contribution in [2.45, 2.75) is 26.4 Å². The first kappa shape index (κ1) is 19.3. The second-order valence-corrected chi connectivity index (χ2v) is 6.82. The molecular weight excluding hydrogens is 350 g/mol. The molecule has 0 fully saturated rings. The molecule has 3 N–H and O–H groups in total. The van der Waals surface area contributed by atoms with Crippen molar-refractivity contribution in [2.75, 3.05) is 6.54 Å². The Hall–Kier alpha value is -3.43. The van der Waals surface area contributed by atoms with E-state index in [1.54, 1.807) is 12.1 Å². The molecule has 0 bridgehead atoms. The number of H-pyrrole nitrogens is 1. The third-order valence-corrected chi connectivity index (χ3v) is 4.31. The molecular formula is C22H23N5O. The van der Waals surface area contributed by atoms with Gasteiger partial charge in [-0.05, 0) is 29.3 Å². The van der Waals surface area contributed by atoms with Gasteiger partial charge >= 0.3 is 0 Å². The number of aromatic nitrogens is 2. The Morgan fingerprint density at radius 3 is 2.64 bits per heavy atom. The maximum atomic E-state index is 12.0. The number of rotatable bonds is 7. The third kappa shape index (κ3) is 4.84. The molecule has 142 valence electrons. The minimum absolute atomic E-state index is 0.0156. The van der Waals surface area contributed by atoms with Crippen molar-refractivity contribution >= 4 is 5.91 Å². The normalized spacial score (nSPS) is 10.6. The Morgan fingerprint density at radius 1 is 1.14 bits per heavy atom. The lowest BCUT2D eigenvalue weighted by molar-refractivity contribution is 0.0958. The Labute approximate surface area is 164 Å². The number of nitrogens with one attached hydrogen (secondary N) is 3. The molecule has 1 heterocycles. The van der Waals surface area contributed by atoms with E-state index in [1.165, 1.54) is 5.56 Å². The maximum absolute atomic E-state index is 12.0. The number of carbonyl (C=O) groups excluding carboxylic acids is 1. The predicted molar refractivity (Wildman–Crippen MR) is 109 cm³/mol. The summed E-state index contributed by atoms with van der Waals surface area (Å²) in [7, 11) is 0. The average Bonchev–Trinajstić information content (AvgIpc) is 3.21. The van der Waals surface area contributed by atoms with E-state index in [9.17, 15) is 4.79 Å². The number of hydrogen-bond donors (Lipinski definition) is 3. The van der Waals surface area contributed by atoms with Crippen LogP contribution >= 0.6 is 0 Å². The first-order valence-corrected chi connectivity index (χ1v) is 9.20. The Balaban J connectivity index is 1.75. The highest BCUT2D eigenvalue weighted by Crippen LogP contribution is 2.24. The van der Waals surface area contributed by atoms with Crippen LogP contribution in [0.4, 0.5) is 0 Å². The van der Waals surface area contributed by atoms with Crippen molar-refractivity contribution in [3.8, 4) is 28.6 Å². The molecule has 0 aliphatic rings. The fourth-order valence-electron chi connectivity index (χ4n) is 2.78. The lowest BCUT2D eigenvalue weighted by atomic mass is 10.1. The van der Waals surface area contributed by atoms with Gasteiger partial charge in [-0.25, -0.2) is 0 Å². The lowest BCUT2D eigenvalue weighted by Crippen LogP contribution is -2.23. The molecule has 2 aromatic carbocycles. The summed E-state index contributed by atoms with van der Waals surface area (Å²) in [5.74, 6) is -0.273. The van der Waals surface area contributed by atoms with Gasteiger partial charge < -0.3 is 10.6 Å². The molecule has 0 atom stereocenters. The number of carbonyl (C=O) groups is 1. The Morgan fingerprint density at radius 2 is 1.93 bits per heavy atom. The van der Waals surface area contributed by atoms with E-state index in [4.69, 9.17) is 5.26 Å². The first-order chi connectivity index (χ1) is 13.6. The van der Waals surface area contributed by atoms with Crippen molar-refractivity contribution in [2.24, 2.45) is 0 Å². The number of hydrogen-bond acceptors (Lipinski definition) is 4. The van der Waals surface area contributed by atoms with E-state index in [0.717, 1.165) is 29.1 Å². The zero-order chi connectivity index (χ0) is 19.9. The van der Waals surface area contributed by atoms with Gasteiger partial charge in [-0.15, -0.1) is 0 Å². The van der Waals surface area contributed by atoms with Crippen LogP contribution in [0.25, 0.3) is 22.5 Å². The molecule has 6 heteroatoms. The molecule has 0 radical (unpaired) electrons. The van der Waals surface area contributed by atoms with Crippen LogP contribution in [-0.2, 0) is 6.54 Å². The van der Waals surface area contributed by atoms with Crippen LogP contribution in [0.3, 0.4) is 0 Å². The van der Waals surface area contributed by atoms with E-state index in [0.29, 0.717) is 11.6 Å². The smallest absolute Gasteiger partial charge is 0.252 e. The summed E-state index contributed by atoms with van der Waals surface area (Å²) in [5.41, 5.74) is 5.29. The van der Waals surface area contributed by atoms with Crippen molar-refractivity contribution in [1.82, 2.24) is 20.8 Å². The molecule has 28 heavy (non-hydrogen) atoms. The minimum Gasteiger partial charge on any atom is -0.339 e. The largest absolute Gasteiger partial charge is 0.339 e. The van der Waals surface area contributed by atoms with E-state index in [1.807, 2.05) is 24.3 Å². The van der Waals surface area contributed by atoms with E-state index in [-0.39, 0.29) is 12.5 Å². The lowest BCUT2D eigenvalue weighted by Gasteiger charge is -2.08. The second kappa shape index (κ2) is 8.98. The van der Waals surface area contributed by atoms with Crippen molar-refractivity contribution < 1.29 is 4.79 Å². The van der Waals surface area contributed by atoms with Gasteiger partial charge in [0, 0.05) is 23.7 Å². The zero-order valence-electron chi connectivity index (χ0n) is 16.0. The highest BCUT2D eigenvalue weighted by molar-refractivity contribution is 5.95. The van der Waals surface area contributed by atoms with E-state index >= 15 is 0 Å². The van der Waals surface area contributed by atoms with Gasteiger partial charge in [0.15, 0.2) is 0 Å². The summed E-state index contributed by atoms with van der Waals surface area (Å²) in [6.07, 6.45) is 0. The number of aromatic amines is 1. The van der Waals surface area contributed by atoms with Gasteiger partial charge in [-0.3, -0.25) is 9.89 Å². The molecule has 6 nitrogen and oxygen atoms in total. The summed E-state index contributed by atoms with van der Waals surface area (Å²) in [6, 6.07) is 19.9. The Bertz CT molecular complexity index is 983. The Kier molecular flexibility index (Phi) is 6.20. The van der Waals surface area contributed by atoms with Gasteiger partial charge in [0.25, 0.3) is 5.91 Å². The molecule has 1 amide bonds. The van der Waals surface area contributed by atoms with Gasteiger partial charge in [-0.1, -0.05) is 50.2 Å². The number of amides is 1. The van der Waals surface area contributed by atoms with Crippen LogP contribution in [0.5, 0.6) is 0 Å². The van der Waals surface area contributed by atoms with Crippen LogP contribution < -0.4 is 10.6 Å². The van der Waals surface area contributed by atoms with Crippen LogP contribution in [0.1, 0.15) is 29.8 Å². The molecule has 0 saturated carbocycles. The topological polar surface area (TPSA) is 93.6 Å². The predicted octanol–water partition coefficient (Wildman–Crippen LogP) is 3.50.